The highest BCUT2D eigenvalue weighted by molar-refractivity contribution is 6.31. The van der Waals surface area contributed by atoms with Crippen molar-refractivity contribution in [3.8, 4) is 0 Å². The van der Waals surface area contributed by atoms with Gasteiger partial charge in [-0.05, 0) is 43.2 Å². The van der Waals surface area contributed by atoms with Crippen LogP contribution in [0.25, 0.3) is 0 Å². The molecule has 0 radical (unpaired) electrons. The van der Waals surface area contributed by atoms with Crippen molar-refractivity contribution in [2.24, 2.45) is 0 Å². The van der Waals surface area contributed by atoms with Crippen molar-refractivity contribution in [3.63, 3.8) is 0 Å². The van der Waals surface area contributed by atoms with Crippen LogP contribution in [0.5, 0.6) is 0 Å². The lowest BCUT2D eigenvalue weighted by Crippen LogP contribution is -2.27. The van der Waals surface area contributed by atoms with Crippen molar-refractivity contribution < 1.29 is 4.42 Å². The molecule has 1 aromatic carbocycles. The fraction of sp³-hybridized carbons (Fsp3) is 0.333. The summed E-state index contributed by atoms with van der Waals surface area (Å²) >= 11 is 6.10. The molecule has 1 heterocycles. The van der Waals surface area contributed by atoms with Gasteiger partial charge in [-0.3, -0.25) is 0 Å². The molecule has 3 heteroatoms. The summed E-state index contributed by atoms with van der Waals surface area (Å²) in [6.45, 7) is 4.99. The fourth-order valence-electron chi connectivity index (χ4n) is 1.84. The predicted molar refractivity (Wildman–Crippen MR) is 74.9 cm³/mol. The van der Waals surface area contributed by atoms with Gasteiger partial charge in [0.25, 0.3) is 0 Å². The zero-order chi connectivity index (χ0) is 13.0. The van der Waals surface area contributed by atoms with E-state index in [4.69, 9.17) is 16.0 Å². The molecule has 1 atom stereocenters. The van der Waals surface area contributed by atoms with Crippen LogP contribution in [-0.4, -0.2) is 6.04 Å². The number of benzene rings is 1. The average molecular weight is 264 g/mol. The second-order valence-electron chi connectivity index (χ2n) is 4.65. The normalized spacial score (nSPS) is 12.6. The third kappa shape index (κ3) is 3.62. The van der Waals surface area contributed by atoms with Crippen molar-refractivity contribution in [2.45, 2.75) is 32.9 Å². The van der Waals surface area contributed by atoms with Crippen LogP contribution in [0.4, 0.5) is 0 Å². The van der Waals surface area contributed by atoms with Crippen LogP contribution in [0.15, 0.2) is 41.0 Å². The van der Waals surface area contributed by atoms with Crippen LogP contribution < -0.4 is 5.32 Å². The highest BCUT2D eigenvalue weighted by atomic mass is 35.5. The Kier molecular flexibility index (Phi) is 4.45. The lowest BCUT2D eigenvalue weighted by Gasteiger charge is -2.13. The van der Waals surface area contributed by atoms with E-state index in [-0.39, 0.29) is 0 Å². The van der Waals surface area contributed by atoms with Crippen LogP contribution >= 0.6 is 11.6 Å². The molecule has 1 unspecified atom stereocenters. The summed E-state index contributed by atoms with van der Waals surface area (Å²) in [7, 11) is 0. The fourth-order valence-corrected chi connectivity index (χ4v) is 2.04. The number of hydrogen-bond acceptors (Lipinski definition) is 2. The van der Waals surface area contributed by atoms with Crippen molar-refractivity contribution in [1.82, 2.24) is 5.32 Å². The van der Waals surface area contributed by atoms with Crippen molar-refractivity contribution in [2.75, 3.05) is 0 Å². The number of aryl methyl sites for hydroxylation is 1. The van der Waals surface area contributed by atoms with E-state index in [9.17, 15) is 0 Å². The third-order valence-electron chi connectivity index (χ3n) is 2.98. The van der Waals surface area contributed by atoms with Gasteiger partial charge in [-0.25, -0.2) is 0 Å². The maximum absolute atomic E-state index is 6.10. The zero-order valence-electron chi connectivity index (χ0n) is 10.7. The summed E-state index contributed by atoms with van der Waals surface area (Å²) in [6, 6.07) is 10.5. The molecule has 0 aliphatic heterocycles. The van der Waals surface area contributed by atoms with Gasteiger partial charge in [0.2, 0.25) is 0 Å². The summed E-state index contributed by atoms with van der Waals surface area (Å²) in [5.74, 6) is 1.01. The predicted octanol–water partition coefficient (Wildman–Crippen LogP) is 3.96. The first-order chi connectivity index (χ1) is 8.65. The van der Waals surface area contributed by atoms with E-state index in [2.05, 4.69) is 24.4 Å². The topological polar surface area (TPSA) is 25.2 Å². The molecule has 2 aromatic rings. The van der Waals surface area contributed by atoms with Gasteiger partial charge in [0.05, 0.1) is 6.26 Å². The Morgan fingerprint density at radius 3 is 2.83 bits per heavy atom. The Morgan fingerprint density at radius 1 is 1.33 bits per heavy atom. The lowest BCUT2D eigenvalue weighted by molar-refractivity contribution is 0.456. The second-order valence-corrected chi connectivity index (χ2v) is 5.06. The Balaban J connectivity index is 1.85. The number of hydrogen-bond donors (Lipinski definition) is 1. The Bertz CT molecular complexity index is 493. The molecule has 18 heavy (non-hydrogen) atoms. The van der Waals surface area contributed by atoms with E-state index >= 15 is 0 Å². The highest BCUT2D eigenvalue weighted by Crippen LogP contribution is 2.16. The standard InChI is InChI=1S/C15H18ClNO/c1-11-5-6-13(9-15(11)16)10-17-12(2)8-14-4-3-7-18-14/h3-7,9,12,17H,8,10H2,1-2H3. The van der Waals surface area contributed by atoms with Crippen LogP contribution in [-0.2, 0) is 13.0 Å². The van der Waals surface area contributed by atoms with Crippen molar-refractivity contribution >= 4 is 11.6 Å². The monoisotopic (exact) mass is 263 g/mol. The van der Waals surface area contributed by atoms with Gasteiger partial charge in [0.15, 0.2) is 0 Å². The maximum Gasteiger partial charge on any atom is 0.105 e. The molecule has 0 aliphatic rings. The molecular weight excluding hydrogens is 246 g/mol. The van der Waals surface area contributed by atoms with Gasteiger partial charge in [0, 0.05) is 24.0 Å². The summed E-state index contributed by atoms with van der Waals surface area (Å²) in [6.07, 6.45) is 2.61. The minimum absolute atomic E-state index is 0.372. The minimum Gasteiger partial charge on any atom is -0.469 e. The molecule has 0 aliphatic carbocycles. The third-order valence-corrected chi connectivity index (χ3v) is 3.39. The zero-order valence-corrected chi connectivity index (χ0v) is 11.5. The van der Waals surface area contributed by atoms with Gasteiger partial charge in [0.1, 0.15) is 5.76 Å². The van der Waals surface area contributed by atoms with Crippen LogP contribution in [0.1, 0.15) is 23.8 Å². The van der Waals surface area contributed by atoms with Crippen LogP contribution in [0.3, 0.4) is 0 Å². The van der Waals surface area contributed by atoms with E-state index in [1.165, 1.54) is 5.56 Å². The Labute approximate surface area is 113 Å². The maximum atomic E-state index is 6.10. The SMILES string of the molecule is Cc1ccc(CNC(C)Cc2ccco2)cc1Cl. The van der Waals surface area contributed by atoms with Crippen LogP contribution in [0.2, 0.25) is 5.02 Å². The summed E-state index contributed by atoms with van der Waals surface area (Å²) in [5, 5.41) is 4.29. The molecule has 0 amide bonds. The number of halogens is 1. The summed E-state index contributed by atoms with van der Waals surface area (Å²) < 4.78 is 5.33. The van der Waals surface area contributed by atoms with Gasteiger partial charge >= 0.3 is 0 Å². The Hall–Kier alpha value is -1.25. The van der Waals surface area contributed by atoms with E-state index in [0.717, 1.165) is 29.3 Å². The van der Waals surface area contributed by atoms with Gasteiger partial charge < -0.3 is 9.73 Å². The number of rotatable bonds is 5. The summed E-state index contributed by atoms with van der Waals surface area (Å²) in [5.41, 5.74) is 2.32. The van der Waals surface area contributed by atoms with Crippen LogP contribution in [0, 0.1) is 6.92 Å². The number of furan rings is 1. The molecule has 0 bridgehead atoms. The van der Waals surface area contributed by atoms with Crippen molar-refractivity contribution in [1.29, 1.82) is 0 Å². The number of nitrogens with one attached hydrogen (secondary N) is 1. The first-order valence-corrected chi connectivity index (χ1v) is 6.54. The molecule has 96 valence electrons. The second kappa shape index (κ2) is 6.07. The molecule has 0 saturated carbocycles. The van der Waals surface area contributed by atoms with Gasteiger partial charge in [-0.1, -0.05) is 23.7 Å². The Morgan fingerprint density at radius 2 is 2.17 bits per heavy atom. The minimum atomic E-state index is 0.372. The van der Waals surface area contributed by atoms with E-state index in [1.807, 2.05) is 25.1 Å². The van der Waals surface area contributed by atoms with E-state index in [1.54, 1.807) is 6.26 Å². The average Bonchev–Trinajstić information content (AvgIpc) is 2.83. The molecule has 2 nitrogen and oxygen atoms in total. The molecule has 0 saturated heterocycles. The molecule has 1 aromatic heterocycles. The smallest absolute Gasteiger partial charge is 0.105 e. The van der Waals surface area contributed by atoms with Gasteiger partial charge in [-0.2, -0.15) is 0 Å². The van der Waals surface area contributed by atoms with Crippen molar-refractivity contribution in [3.05, 3.63) is 58.5 Å². The lowest BCUT2D eigenvalue weighted by atomic mass is 10.1. The quantitative estimate of drug-likeness (QED) is 0.883. The van der Waals surface area contributed by atoms with Gasteiger partial charge in [-0.15, -0.1) is 0 Å². The first-order valence-electron chi connectivity index (χ1n) is 6.16. The highest BCUT2D eigenvalue weighted by Gasteiger charge is 2.05. The largest absolute Gasteiger partial charge is 0.469 e. The molecular formula is C15H18ClNO. The molecule has 1 N–H and O–H groups in total. The summed E-state index contributed by atoms with van der Waals surface area (Å²) in [4.78, 5) is 0. The molecule has 2 rings (SSSR count). The van der Waals surface area contributed by atoms with E-state index < -0.39 is 0 Å². The first kappa shape index (κ1) is 13.2. The molecule has 0 spiro atoms. The van der Waals surface area contributed by atoms with E-state index in [0.29, 0.717) is 6.04 Å². The molecule has 0 fully saturated rings.